The van der Waals surface area contributed by atoms with Gasteiger partial charge in [0.2, 0.25) is 6.29 Å². The standard InChI is InChI=1S/C55H80O25/c1-20-32(76-38-18-35(51(25(6)73-38)75-27(8)57)79-36-15-31(58)50(68-10)24(5)72-36)14-29-12-28-13-30(52(69-11)49(65)44(60)21(2)56)53(48(64)42(28)47(63)41(29)43(20)59)80-39-17-33(45(61)23(4)71-39)77-37-16-34(46(62)22(3)70-37)78-40-19-55(9,67)54(66)26(7)74-40/h12,14,21-26,30-31,33-40,44-46,50-54,56,58-63,66-67H,13,15-19H2,1-11H3/t21?,22-,23-,24-,25-,26+,30?,31-,33-,34-,35-,36+,37+,38+,39+,40+,44?,45-,46-,50+,51+,52?,53?,54+,55+/m1/s1. The fraction of sp³-hybridized carbons (Fsp3) is 0.764. The number of benzene rings is 2. The number of phenols is 2. The number of aliphatic hydroxyl groups excluding tert-OH is 6. The average molecular weight is 1140 g/mol. The third-order valence-corrected chi connectivity index (χ3v) is 16.4. The molecule has 5 fully saturated rings. The number of methoxy groups -OCH3 is 2. The summed E-state index contributed by atoms with van der Waals surface area (Å²) >= 11 is 0. The zero-order valence-corrected chi connectivity index (χ0v) is 46.8. The summed E-state index contributed by atoms with van der Waals surface area (Å²) in [6, 6.07) is 3.05. The Labute approximate surface area is 463 Å². The van der Waals surface area contributed by atoms with E-state index in [4.69, 9.17) is 61.6 Å². The molecular formula is C55H80O25. The van der Waals surface area contributed by atoms with E-state index >= 15 is 4.79 Å². The van der Waals surface area contributed by atoms with Crippen LogP contribution in [0.25, 0.3) is 10.8 Å². The number of fused-ring (bicyclic) bond motifs is 2. The van der Waals surface area contributed by atoms with Crippen LogP contribution in [0.4, 0.5) is 0 Å². The van der Waals surface area contributed by atoms with Gasteiger partial charge in [-0.2, -0.15) is 0 Å². The summed E-state index contributed by atoms with van der Waals surface area (Å²) in [5.74, 6) is -4.68. The van der Waals surface area contributed by atoms with E-state index in [1.54, 1.807) is 34.6 Å². The molecule has 0 aromatic heterocycles. The Balaban J connectivity index is 1.05. The van der Waals surface area contributed by atoms with Gasteiger partial charge in [0.1, 0.15) is 66.1 Å². The van der Waals surface area contributed by atoms with Crippen molar-refractivity contribution >= 4 is 28.3 Å². The van der Waals surface area contributed by atoms with Crippen molar-refractivity contribution in [3.8, 4) is 17.2 Å². The van der Waals surface area contributed by atoms with Crippen molar-refractivity contribution < 1.29 is 122 Å². The number of hydrogen-bond donors (Lipinski definition) is 9. The predicted octanol–water partition coefficient (Wildman–Crippen LogP) is 0.976. The summed E-state index contributed by atoms with van der Waals surface area (Å²) < 4.78 is 78.5. The smallest absolute Gasteiger partial charge is 0.303 e. The van der Waals surface area contributed by atoms with Crippen molar-refractivity contribution in [2.24, 2.45) is 5.92 Å². The monoisotopic (exact) mass is 1140 g/mol. The van der Waals surface area contributed by atoms with Crippen molar-refractivity contribution in [2.75, 3.05) is 14.2 Å². The first-order chi connectivity index (χ1) is 37.6. The molecule has 0 spiro atoms. The second-order valence-electron chi connectivity index (χ2n) is 22.5. The van der Waals surface area contributed by atoms with Gasteiger partial charge in [0.25, 0.3) is 0 Å². The summed E-state index contributed by atoms with van der Waals surface area (Å²) in [4.78, 5) is 41.3. The number of Topliss-reactive ketones (excluding diaryl/α,β-unsaturated/α-hetero) is 2. The Hall–Kier alpha value is -3.81. The quantitative estimate of drug-likeness (QED) is 0.0997. The Morgan fingerprint density at radius 1 is 0.713 bits per heavy atom. The lowest BCUT2D eigenvalue weighted by molar-refractivity contribution is -0.334. The van der Waals surface area contributed by atoms with Gasteiger partial charge in [-0.05, 0) is 84.9 Å². The van der Waals surface area contributed by atoms with Crippen LogP contribution in [0.5, 0.6) is 17.2 Å². The molecule has 0 bridgehead atoms. The summed E-state index contributed by atoms with van der Waals surface area (Å²) in [5, 5.41) is 99.9. The average Bonchev–Trinajstić information content (AvgIpc) is 3.49. The van der Waals surface area contributed by atoms with E-state index in [0.29, 0.717) is 0 Å². The summed E-state index contributed by atoms with van der Waals surface area (Å²) in [5.41, 5.74) is -1.48. The number of aromatic hydroxyl groups is 2. The van der Waals surface area contributed by atoms with E-state index in [0.717, 1.165) is 0 Å². The lowest BCUT2D eigenvalue weighted by atomic mass is 9.75. The molecule has 9 N–H and O–H groups in total. The number of rotatable bonds is 17. The van der Waals surface area contributed by atoms with Crippen molar-refractivity contribution in [1.29, 1.82) is 0 Å². The molecule has 25 heteroatoms. The fourth-order valence-corrected chi connectivity index (χ4v) is 12.0. The van der Waals surface area contributed by atoms with Gasteiger partial charge in [0.15, 0.2) is 42.8 Å². The van der Waals surface area contributed by atoms with Gasteiger partial charge in [-0.15, -0.1) is 0 Å². The van der Waals surface area contributed by atoms with Crippen molar-refractivity contribution in [1.82, 2.24) is 0 Å². The molecule has 0 amide bonds. The molecule has 6 aliphatic rings. The third kappa shape index (κ3) is 12.9. The van der Waals surface area contributed by atoms with Crippen LogP contribution in [0.15, 0.2) is 12.1 Å². The van der Waals surface area contributed by atoms with Gasteiger partial charge in [0.05, 0.1) is 71.5 Å². The molecule has 450 valence electrons. The number of ether oxygens (including phenoxy) is 13. The number of ketones is 2. The highest BCUT2D eigenvalue weighted by Gasteiger charge is 2.52. The molecule has 2 aromatic rings. The molecule has 25 nitrogen and oxygen atoms in total. The minimum atomic E-state index is -1.95. The van der Waals surface area contributed by atoms with Crippen LogP contribution in [-0.2, 0) is 72.9 Å². The van der Waals surface area contributed by atoms with Crippen molar-refractivity contribution in [3.63, 3.8) is 0 Å². The first kappa shape index (κ1) is 62.2. The fourth-order valence-electron chi connectivity index (χ4n) is 12.0. The predicted molar refractivity (Wildman–Crippen MR) is 273 cm³/mol. The van der Waals surface area contributed by atoms with Crippen molar-refractivity contribution in [2.45, 2.75) is 248 Å². The lowest BCUT2D eigenvalue weighted by Gasteiger charge is -2.46. The highest BCUT2D eigenvalue weighted by molar-refractivity contribution is 6.11. The number of esters is 1. The van der Waals surface area contributed by atoms with Gasteiger partial charge in [-0.1, -0.05) is 0 Å². The molecule has 2 aromatic carbocycles. The summed E-state index contributed by atoms with van der Waals surface area (Å²) in [6.45, 7) is 13.6. The SMILES string of the molecule is COC(C(=O)C(O)C(C)O)C1Cc2cc3cc(O[C@H]4C[C@@H](O[C@H]5C[C@@H](O)[C@@H](OC)[C@@H](C)O5)[C@@H](OC(C)=O)[C@@H](C)O4)c(C)c(O)c3c(O)c2C(=O)C1O[C@H]1C[C@@H](O[C@H]2C[C@@H](O[C@H]3C[C@](C)(O)[C@@H](O)[C@H](C)O3)[C@H](O)[C@@H](C)O2)[C@H](O)[C@@H](C)O1. The Morgan fingerprint density at radius 2 is 1.25 bits per heavy atom. The molecule has 25 atom stereocenters. The molecule has 5 heterocycles. The molecule has 5 aliphatic heterocycles. The van der Waals surface area contributed by atoms with Crippen LogP contribution in [-0.4, -0.2) is 225 Å². The van der Waals surface area contributed by atoms with Crippen LogP contribution in [0, 0.1) is 12.8 Å². The summed E-state index contributed by atoms with van der Waals surface area (Å²) in [7, 11) is 2.65. The van der Waals surface area contributed by atoms with Crippen LogP contribution in [0.3, 0.4) is 0 Å². The zero-order chi connectivity index (χ0) is 58.6. The normalized spacial score (nSPS) is 40.9. The minimum absolute atomic E-state index is 0.0207. The zero-order valence-electron chi connectivity index (χ0n) is 46.8. The molecule has 5 saturated heterocycles. The van der Waals surface area contributed by atoms with Crippen LogP contribution < -0.4 is 4.74 Å². The largest absolute Gasteiger partial charge is 0.507 e. The topological polar surface area (TPSA) is 353 Å². The van der Waals surface area contributed by atoms with Gasteiger partial charge in [-0.3, -0.25) is 14.4 Å². The van der Waals surface area contributed by atoms with Gasteiger partial charge >= 0.3 is 5.97 Å². The number of hydrogen-bond acceptors (Lipinski definition) is 25. The number of carbonyl (C=O) groups is 3. The van der Waals surface area contributed by atoms with E-state index in [1.165, 1.54) is 54.0 Å². The summed E-state index contributed by atoms with van der Waals surface area (Å²) in [6.07, 6.45) is -25.7. The molecular weight excluding hydrogens is 1060 g/mol. The van der Waals surface area contributed by atoms with E-state index in [9.17, 15) is 55.5 Å². The third-order valence-electron chi connectivity index (χ3n) is 16.4. The molecule has 80 heavy (non-hydrogen) atoms. The van der Waals surface area contributed by atoms with E-state index < -0.39 is 182 Å². The lowest BCUT2D eigenvalue weighted by Crippen LogP contribution is -2.58. The molecule has 0 saturated carbocycles. The van der Waals surface area contributed by atoms with Crippen LogP contribution >= 0.6 is 0 Å². The number of aliphatic hydroxyl groups is 7. The Bertz CT molecular complexity index is 2500. The maximum absolute atomic E-state index is 15.1. The second kappa shape index (κ2) is 25.2. The van der Waals surface area contributed by atoms with E-state index in [1.807, 2.05) is 0 Å². The first-order valence-electron chi connectivity index (χ1n) is 27.3. The molecule has 5 unspecified atom stereocenters. The number of carbonyl (C=O) groups excluding carboxylic acids is 3. The van der Waals surface area contributed by atoms with Crippen molar-refractivity contribution in [3.05, 3.63) is 28.8 Å². The van der Waals surface area contributed by atoms with E-state index in [2.05, 4.69) is 0 Å². The van der Waals surface area contributed by atoms with Crippen LogP contribution in [0.2, 0.25) is 0 Å². The highest BCUT2D eigenvalue weighted by atomic mass is 16.7. The van der Waals surface area contributed by atoms with Crippen LogP contribution in [0.1, 0.15) is 109 Å². The van der Waals surface area contributed by atoms with Gasteiger partial charge in [-0.25, -0.2) is 0 Å². The first-order valence-corrected chi connectivity index (χ1v) is 27.3. The van der Waals surface area contributed by atoms with E-state index in [-0.39, 0.29) is 71.7 Å². The maximum atomic E-state index is 15.1. The van der Waals surface area contributed by atoms with Gasteiger partial charge in [0, 0.05) is 64.7 Å². The highest BCUT2D eigenvalue weighted by Crippen LogP contribution is 2.48. The molecule has 8 rings (SSSR count). The van der Waals surface area contributed by atoms with Gasteiger partial charge < -0.3 is 108 Å². The molecule has 0 radical (unpaired) electrons. The second-order valence-corrected chi connectivity index (χ2v) is 22.5. The minimum Gasteiger partial charge on any atom is -0.507 e. The Morgan fingerprint density at radius 3 is 1.82 bits per heavy atom. The molecule has 1 aliphatic carbocycles. The Kier molecular flexibility index (Phi) is 19.6. The maximum Gasteiger partial charge on any atom is 0.303 e. The number of phenolic OH excluding ortho intramolecular Hbond substituents is 2.